The van der Waals surface area contributed by atoms with Crippen LogP contribution >= 0.6 is 0 Å². The van der Waals surface area contributed by atoms with E-state index in [4.69, 9.17) is 0 Å². The van der Waals surface area contributed by atoms with Gasteiger partial charge in [-0.3, -0.25) is 0 Å². The van der Waals surface area contributed by atoms with E-state index in [1.165, 1.54) is 0 Å². The van der Waals surface area contributed by atoms with Crippen LogP contribution in [0.5, 0.6) is 0 Å². The summed E-state index contributed by atoms with van der Waals surface area (Å²) in [7, 11) is 0. The third-order valence-electron chi connectivity index (χ3n) is 0.355. The minimum atomic E-state index is -1.55. The Labute approximate surface area is 66.7 Å². The van der Waals surface area contributed by atoms with Crippen LogP contribution in [-0.4, -0.2) is 11.9 Å². The summed E-state index contributed by atoms with van der Waals surface area (Å²) in [5.74, 6) is -3.09. The van der Waals surface area contributed by atoms with Gasteiger partial charge in [0.2, 0.25) is 0 Å². The molecule has 0 aliphatic heterocycles. The average molecular weight is 222 g/mol. The molecule has 0 saturated heterocycles. The Morgan fingerprint density at radius 3 is 1.33 bits per heavy atom. The van der Waals surface area contributed by atoms with Crippen molar-refractivity contribution in [3.63, 3.8) is 0 Å². The first kappa shape index (κ1) is 11.2. The molecule has 55 valence electrons. The molecule has 0 aromatic heterocycles. The first-order chi connectivity index (χ1) is 3.63. The molecular formula is C4H2AgO4-2. The van der Waals surface area contributed by atoms with Crippen LogP contribution in [0.2, 0.25) is 0 Å². The molecule has 5 heteroatoms. The Hall–Kier alpha value is -0.580. The van der Waals surface area contributed by atoms with Crippen LogP contribution in [0.25, 0.3) is 0 Å². The Morgan fingerprint density at radius 2 is 1.22 bits per heavy atom. The smallest absolute Gasteiger partial charge is 0.0643 e. The Bertz CT molecular complexity index is 124. The van der Waals surface area contributed by atoms with Gasteiger partial charge >= 0.3 is 0 Å². The fourth-order valence-electron chi connectivity index (χ4n) is 0.136. The summed E-state index contributed by atoms with van der Waals surface area (Å²) in [5, 5.41) is 18.8. The van der Waals surface area contributed by atoms with E-state index in [-0.39, 0.29) is 22.4 Å². The molecule has 0 aliphatic rings. The molecule has 0 heterocycles. The van der Waals surface area contributed by atoms with Crippen LogP contribution in [-0.2, 0) is 32.0 Å². The van der Waals surface area contributed by atoms with E-state index in [0.717, 1.165) is 0 Å². The Morgan fingerprint density at radius 1 is 1.00 bits per heavy atom. The van der Waals surface area contributed by atoms with Crippen molar-refractivity contribution in [2.75, 3.05) is 0 Å². The number of carboxylic acids is 2. The third kappa shape index (κ3) is 11.2. The van der Waals surface area contributed by atoms with Crippen molar-refractivity contribution in [2.24, 2.45) is 0 Å². The number of carbonyl (C=O) groups is 2. The second-order valence-corrected chi connectivity index (χ2v) is 0.971. The molecule has 0 saturated carbocycles. The normalized spacial score (nSPS) is 8.44. The predicted molar refractivity (Wildman–Crippen MR) is 19.2 cm³/mol. The van der Waals surface area contributed by atoms with Gasteiger partial charge in [0, 0.05) is 22.4 Å². The molecule has 0 bridgehead atoms. The quantitative estimate of drug-likeness (QED) is 0.369. The van der Waals surface area contributed by atoms with Crippen LogP contribution in [0.15, 0.2) is 12.2 Å². The van der Waals surface area contributed by atoms with Gasteiger partial charge in [0.25, 0.3) is 0 Å². The zero-order valence-electron chi connectivity index (χ0n) is 4.09. The molecule has 0 rings (SSSR count). The second kappa shape index (κ2) is 5.56. The summed E-state index contributed by atoms with van der Waals surface area (Å²) in [6.07, 6.45) is 0.769. The van der Waals surface area contributed by atoms with Gasteiger partial charge < -0.3 is 19.8 Å². The monoisotopic (exact) mass is 221 g/mol. The average Bonchev–Trinajstić information content (AvgIpc) is 1.61. The molecule has 4 nitrogen and oxygen atoms in total. The van der Waals surface area contributed by atoms with E-state index in [9.17, 15) is 19.8 Å². The van der Waals surface area contributed by atoms with E-state index in [0.29, 0.717) is 12.2 Å². The third-order valence-corrected chi connectivity index (χ3v) is 0.355. The largest absolute Gasteiger partial charge is 0.545 e. The maximum atomic E-state index is 9.41. The van der Waals surface area contributed by atoms with Crippen molar-refractivity contribution < 1.29 is 42.2 Å². The van der Waals surface area contributed by atoms with Gasteiger partial charge in [-0.2, -0.15) is 0 Å². The van der Waals surface area contributed by atoms with Gasteiger partial charge in [-0.1, -0.05) is 0 Å². The van der Waals surface area contributed by atoms with Crippen LogP contribution in [0.4, 0.5) is 0 Å². The van der Waals surface area contributed by atoms with E-state index < -0.39 is 11.9 Å². The molecule has 0 fully saturated rings. The fourth-order valence-corrected chi connectivity index (χ4v) is 0.136. The molecule has 1 radical (unpaired) electrons. The van der Waals surface area contributed by atoms with E-state index in [1.54, 1.807) is 0 Å². The fraction of sp³-hybridized carbons (Fsp3) is 0. The molecule has 0 aromatic carbocycles. The van der Waals surface area contributed by atoms with Crippen molar-refractivity contribution in [1.82, 2.24) is 0 Å². The van der Waals surface area contributed by atoms with Gasteiger partial charge in [-0.25, -0.2) is 0 Å². The van der Waals surface area contributed by atoms with Crippen molar-refractivity contribution in [1.29, 1.82) is 0 Å². The van der Waals surface area contributed by atoms with Crippen LogP contribution in [0.1, 0.15) is 0 Å². The number of carbonyl (C=O) groups excluding carboxylic acids is 2. The van der Waals surface area contributed by atoms with Gasteiger partial charge in [0.1, 0.15) is 0 Å². The molecule has 9 heavy (non-hydrogen) atoms. The second-order valence-electron chi connectivity index (χ2n) is 0.971. The number of hydrogen-bond donors (Lipinski definition) is 0. The Balaban J connectivity index is 0. The van der Waals surface area contributed by atoms with Crippen LogP contribution in [0, 0.1) is 0 Å². The SMILES string of the molecule is O=C([O-])/C=C/C(=O)[O-].[Ag]. The number of rotatable bonds is 2. The molecule has 0 amide bonds. The first-order valence-electron chi connectivity index (χ1n) is 1.73. The first-order valence-corrected chi connectivity index (χ1v) is 1.73. The zero-order chi connectivity index (χ0) is 6.57. The van der Waals surface area contributed by atoms with Gasteiger partial charge in [-0.15, -0.1) is 0 Å². The van der Waals surface area contributed by atoms with E-state index in [1.807, 2.05) is 0 Å². The molecule has 0 aliphatic carbocycles. The van der Waals surface area contributed by atoms with E-state index in [2.05, 4.69) is 0 Å². The predicted octanol–water partition coefficient (Wildman–Crippen LogP) is -2.96. The standard InChI is InChI=1S/C4H4O4.Ag/c5-3(6)1-2-4(7)8;/h1-2H,(H,5,6)(H,7,8);/p-2/b2-1+;. The molecule has 0 N–H and O–H groups in total. The maximum Gasteiger partial charge on any atom is 0.0643 e. The summed E-state index contributed by atoms with van der Waals surface area (Å²) in [6.45, 7) is 0. The van der Waals surface area contributed by atoms with Gasteiger partial charge in [0.05, 0.1) is 11.9 Å². The molecule has 0 spiro atoms. The molecule has 0 atom stereocenters. The van der Waals surface area contributed by atoms with Gasteiger partial charge in [0.15, 0.2) is 0 Å². The van der Waals surface area contributed by atoms with Crippen molar-refractivity contribution >= 4 is 11.9 Å². The minimum absolute atomic E-state index is 0. The topological polar surface area (TPSA) is 80.3 Å². The summed E-state index contributed by atoms with van der Waals surface area (Å²) in [4.78, 5) is 18.8. The summed E-state index contributed by atoms with van der Waals surface area (Å²) in [5.41, 5.74) is 0. The van der Waals surface area contributed by atoms with Crippen molar-refractivity contribution in [2.45, 2.75) is 0 Å². The number of carboxylic acid groups (broad SMARTS) is 2. The minimum Gasteiger partial charge on any atom is -0.545 e. The van der Waals surface area contributed by atoms with Crippen LogP contribution < -0.4 is 10.2 Å². The maximum absolute atomic E-state index is 9.41. The summed E-state index contributed by atoms with van der Waals surface area (Å²) < 4.78 is 0. The van der Waals surface area contributed by atoms with Crippen LogP contribution in [0.3, 0.4) is 0 Å². The number of aliphatic carboxylic acids is 2. The molecule has 0 aromatic rings. The summed E-state index contributed by atoms with van der Waals surface area (Å²) in [6, 6.07) is 0. The zero-order valence-corrected chi connectivity index (χ0v) is 5.57. The Kier molecular flexibility index (Phi) is 6.94. The molecule has 0 unspecified atom stereocenters. The number of hydrogen-bond acceptors (Lipinski definition) is 4. The van der Waals surface area contributed by atoms with Gasteiger partial charge in [-0.05, 0) is 12.2 Å². The van der Waals surface area contributed by atoms with Crippen molar-refractivity contribution in [3.8, 4) is 0 Å². The molecular weight excluding hydrogens is 220 g/mol. The van der Waals surface area contributed by atoms with E-state index >= 15 is 0 Å². The summed E-state index contributed by atoms with van der Waals surface area (Å²) >= 11 is 0. The van der Waals surface area contributed by atoms with Crippen molar-refractivity contribution in [3.05, 3.63) is 12.2 Å².